The van der Waals surface area contributed by atoms with Crippen molar-refractivity contribution in [1.82, 2.24) is 4.90 Å². The molecule has 0 amide bonds. The predicted octanol–water partition coefficient (Wildman–Crippen LogP) is 1.84. The average Bonchev–Trinajstić information content (AvgIpc) is 2.88. The number of halogens is 1. The Kier molecular flexibility index (Phi) is 16.9. The van der Waals surface area contributed by atoms with Gasteiger partial charge >= 0.3 is 35.5 Å². The molecule has 0 bridgehead atoms. The molecule has 7 nitrogen and oxygen atoms in total. The summed E-state index contributed by atoms with van der Waals surface area (Å²) in [5.41, 5.74) is 1.26. The van der Waals surface area contributed by atoms with Gasteiger partial charge in [-0.25, -0.2) is 9.18 Å². The van der Waals surface area contributed by atoms with Gasteiger partial charge in [-0.1, -0.05) is 56.9 Å². The minimum absolute atomic E-state index is 0. The number of carbonyl (C=O) groups is 2. The second-order valence-corrected chi connectivity index (χ2v) is 9.31. The molecule has 0 unspecified atom stereocenters. The third-order valence-corrected chi connectivity index (χ3v) is 6.15. The van der Waals surface area contributed by atoms with Crippen LogP contribution in [-0.4, -0.2) is 49.9 Å². The van der Waals surface area contributed by atoms with Crippen molar-refractivity contribution in [3.63, 3.8) is 0 Å². The molecular formula is C30H41FNNaO6. The standard InChI is InChI=1S/C19H24FNO4.C9H12O2.C2H6.Na/c1-18(2)24-16(22)15(17(23)25-18)19(8-10-21(3)11-9-19)12-13-4-6-14(20)7-5-13;1-3-5-6-9(4-2)7-11-8-10;1-2;/h4-7,22H,8-12H2,1-3H3;3-6,8H,1,7H2,2H3;1-2H3;/q;;;+1/p-1/b;6-5-,9-4+;;. The van der Waals surface area contributed by atoms with E-state index in [1.807, 2.05) is 40.0 Å². The number of carbonyl (C=O) groups excluding carboxylic acids is 2. The molecule has 0 atom stereocenters. The quantitative estimate of drug-likeness (QED) is 0.210. The van der Waals surface area contributed by atoms with Crippen LogP contribution in [0.1, 0.15) is 53.0 Å². The number of piperidine rings is 1. The summed E-state index contributed by atoms with van der Waals surface area (Å²) in [6.07, 6.45) is 8.94. The number of likely N-dealkylation sites (tertiary alicyclic amines) is 1. The van der Waals surface area contributed by atoms with Gasteiger partial charge in [-0.2, -0.15) is 0 Å². The van der Waals surface area contributed by atoms with E-state index >= 15 is 0 Å². The molecule has 0 spiro atoms. The van der Waals surface area contributed by atoms with Gasteiger partial charge in [0, 0.05) is 5.41 Å². The van der Waals surface area contributed by atoms with Crippen LogP contribution in [0.2, 0.25) is 0 Å². The van der Waals surface area contributed by atoms with Crippen LogP contribution < -0.4 is 34.7 Å². The zero-order valence-corrected chi connectivity index (χ0v) is 26.4. The van der Waals surface area contributed by atoms with Gasteiger partial charge in [0.1, 0.15) is 12.4 Å². The Bertz CT molecular complexity index is 1010. The minimum atomic E-state index is -1.25. The molecule has 1 fully saturated rings. The van der Waals surface area contributed by atoms with Crippen molar-refractivity contribution in [2.75, 3.05) is 26.7 Å². The third-order valence-electron chi connectivity index (χ3n) is 6.15. The summed E-state index contributed by atoms with van der Waals surface area (Å²) in [7, 11) is 2.01. The summed E-state index contributed by atoms with van der Waals surface area (Å²) in [5, 5.41) is 12.6. The van der Waals surface area contributed by atoms with Crippen LogP contribution in [0.25, 0.3) is 0 Å². The number of esters is 1. The monoisotopic (exact) mass is 553 g/mol. The van der Waals surface area contributed by atoms with E-state index in [0.29, 0.717) is 32.3 Å². The van der Waals surface area contributed by atoms with Crippen molar-refractivity contribution < 1.29 is 62.9 Å². The van der Waals surface area contributed by atoms with Crippen LogP contribution in [0.5, 0.6) is 0 Å². The summed E-state index contributed by atoms with van der Waals surface area (Å²) >= 11 is 0. The van der Waals surface area contributed by atoms with Gasteiger partial charge < -0.3 is 24.2 Å². The summed E-state index contributed by atoms with van der Waals surface area (Å²) < 4.78 is 28.4. The van der Waals surface area contributed by atoms with E-state index in [2.05, 4.69) is 16.2 Å². The van der Waals surface area contributed by atoms with Gasteiger partial charge in [0.25, 0.3) is 6.47 Å². The Morgan fingerprint density at radius 1 is 1.18 bits per heavy atom. The van der Waals surface area contributed by atoms with E-state index in [-0.39, 0.29) is 40.9 Å². The second-order valence-electron chi connectivity index (χ2n) is 9.31. The van der Waals surface area contributed by atoms with Crippen LogP contribution in [0.4, 0.5) is 4.39 Å². The number of benzene rings is 1. The van der Waals surface area contributed by atoms with Crippen molar-refractivity contribution in [2.24, 2.45) is 5.41 Å². The summed E-state index contributed by atoms with van der Waals surface area (Å²) in [6.45, 7) is 14.8. The molecule has 0 radical (unpaired) electrons. The van der Waals surface area contributed by atoms with Gasteiger partial charge in [0.05, 0.1) is 11.5 Å². The van der Waals surface area contributed by atoms with E-state index < -0.39 is 23.1 Å². The summed E-state index contributed by atoms with van der Waals surface area (Å²) in [6, 6.07) is 6.17. The second kappa shape index (κ2) is 18.1. The summed E-state index contributed by atoms with van der Waals surface area (Å²) in [4.78, 5) is 24.6. The molecule has 1 aromatic carbocycles. The maximum atomic E-state index is 13.2. The molecule has 2 aliphatic heterocycles. The number of hydrogen-bond donors (Lipinski definition) is 0. The zero-order valence-electron chi connectivity index (χ0n) is 24.4. The molecule has 210 valence electrons. The number of hydrogen-bond acceptors (Lipinski definition) is 7. The molecule has 39 heavy (non-hydrogen) atoms. The molecule has 3 rings (SSSR count). The minimum Gasteiger partial charge on any atom is -0.575 e. The largest absolute Gasteiger partial charge is 1.00 e. The average molecular weight is 554 g/mol. The molecule has 0 aromatic heterocycles. The first kappa shape index (κ1) is 36.6. The molecule has 0 aliphatic carbocycles. The van der Waals surface area contributed by atoms with Crippen LogP contribution in [0.3, 0.4) is 0 Å². The first-order valence-electron chi connectivity index (χ1n) is 12.8. The number of nitrogens with zero attached hydrogens (tertiary/aromatic N) is 1. The summed E-state index contributed by atoms with van der Waals surface area (Å²) in [5.74, 6) is -2.77. The van der Waals surface area contributed by atoms with Crippen molar-refractivity contribution in [1.29, 1.82) is 0 Å². The number of rotatable bonds is 8. The molecule has 9 heteroatoms. The predicted molar refractivity (Wildman–Crippen MR) is 144 cm³/mol. The van der Waals surface area contributed by atoms with Gasteiger partial charge in [0.2, 0.25) is 0 Å². The van der Waals surface area contributed by atoms with E-state index in [1.165, 1.54) is 12.1 Å². The van der Waals surface area contributed by atoms with E-state index in [9.17, 15) is 19.1 Å². The molecule has 1 saturated heterocycles. The molecular weight excluding hydrogens is 512 g/mol. The Balaban J connectivity index is 0.000000879. The Morgan fingerprint density at radius 2 is 1.77 bits per heavy atom. The van der Waals surface area contributed by atoms with Crippen LogP contribution in [0.15, 0.2) is 72.2 Å². The normalized spacial score (nSPS) is 18.2. The van der Waals surface area contributed by atoms with Crippen LogP contribution in [0, 0.1) is 11.2 Å². The Morgan fingerprint density at radius 3 is 2.26 bits per heavy atom. The fraction of sp³-hybridized carbons (Fsp3) is 0.467. The van der Waals surface area contributed by atoms with Gasteiger partial charge in [0.15, 0.2) is 5.79 Å². The SMILES string of the molecule is C=C/C=C\C(=C/C)COC=O.CC.CN1CCC(Cc2ccc(F)cc2)(C2=C([O-])OC(C)(C)OC2=O)CC1.[Na+]. The van der Waals surface area contributed by atoms with Gasteiger partial charge in [-0.05, 0) is 83.4 Å². The smallest absolute Gasteiger partial charge is 0.575 e. The number of cyclic esters (lactones) is 1. The molecule has 0 N–H and O–H groups in total. The fourth-order valence-corrected chi connectivity index (χ4v) is 4.19. The van der Waals surface area contributed by atoms with Gasteiger partial charge in [-0.3, -0.25) is 4.79 Å². The first-order valence-corrected chi connectivity index (χ1v) is 12.8. The topological polar surface area (TPSA) is 88.1 Å². The maximum Gasteiger partial charge on any atom is 1.00 e. The van der Waals surface area contributed by atoms with Gasteiger partial charge in [-0.15, -0.1) is 0 Å². The molecule has 1 aromatic rings. The Labute approximate surface area is 254 Å². The molecule has 2 heterocycles. The van der Waals surface area contributed by atoms with E-state index in [4.69, 9.17) is 9.47 Å². The van der Waals surface area contributed by atoms with Crippen molar-refractivity contribution in [3.05, 3.63) is 83.6 Å². The van der Waals surface area contributed by atoms with Crippen LogP contribution >= 0.6 is 0 Å². The zero-order chi connectivity index (χ0) is 28.8. The number of ether oxygens (including phenoxy) is 3. The van der Waals surface area contributed by atoms with Crippen LogP contribution in [-0.2, 0) is 30.2 Å². The van der Waals surface area contributed by atoms with Crippen molar-refractivity contribution in [2.45, 2.75) is 59.7 Å². The van der Waals surface area contributed by atoms with Crippen molar-refractivity contribution >= 4 is 12.4 Å². The fourth-order valence-electron chi connectivity index (χ4n) is 4.19. The van der Waals surface area contributed by atoms with E-state index in [1.54, 1.807) is 38.1 Å². The molecule has 0 saturated carbocycles. The van der Waals surface area contributed by atoms with E-state index in [0.717, 1.165) is 24.2 Å². The molecule has 2 aliphatic rings. The van der Waals surface area contributed by atoms with Crippen molar-refractivity contribution in [3.8, 4) is 0 Å². The number of allylic oxidation sites excluding steroid dienone is 3. The Hall–Kier alpha value is -2.39. The first-order chi connectivity index (χ1) is 18.1. The third kappa shape index (κ3) is 11.7. The maximum absolute atomic E-state index is 13.2.